The summed E-state index contributed by atoms with van der Waals surface area (Å²) >= 11 is 0. The molecule has 0 saturated heterocycles. The van der Waals surface area contributed by atoms with Crippen LogP contribution in [0.1, 0.15) is 57.1 Å². The van der Waals surface area contributed by atoms with Crippen molar-refractivity contribution in [2.24, 2.45) is 0 Å². The van der Waals surface area contributed by atoms with Crippen LogP contribution in [0.25, 0.3) is 0 Å². The Morgan fingerprint density at radius 1 is 1.16 bits per heavy atom. The van der Waals surface area contributed by atoms with E-state index in [9.17, 15) is 5.11 Å². The fraction of sp³-hybridized carbons (Fsp3) is 0.647. The third-order valence-electron chi connectivity index (χ3n) is 4.37. The standard InChI is InChI=1S/C17H27NO/c1-2-18(16-11-7-4-8-12-16)14-13-17(19)15-9-5-3-6-10-15/h3,5-6,9-10,16-17,19H,2,4,7-8,11-14H2,1H3. The quantitative estimate of drug-likeness (QED) is 0.842. The molecule has 0 aliphatic heterocycles. The maximum atomic E-state index is 10.2. The minimum Gasteiger partial charge on any atom is -0.388 e. The summed E-state index contributed by atoms with van der Waals surface area (Å²) in [7, 11) is 0. The Bertz CT molecular complexity index is 346. The summed E-state index contributed by atoms with van der Waals surface area (Å²) < 4.78 is 0. The molecule has 1 saturated carbocycles. The molecule has 1 aromatic rings. The molecule has 1 atom stereocenters. The van der Waals surface area contributed by atoms with Gasteiger partial charge in [0.2, 0.25) is 0 Å². The lowest BCUT2D eigenvalue weighted by molar-refractivity contribution is 0.112. The van der Waals surface area contributed by atoms with E-state index in [4.69, 9.17) is 0 Å². The fourth-order valence-corrected chi connectivity index (χ4v) is 3.18. The van der Waals surface area contributed by atoms with Crippen LogP contribution in [0.5, 0.6) is 0 Å². The van der Waals surface area contributed by atoms with Crippen molar-refractivity contribution in [2.75, 3.05) is 13.1 Å². The van der Waals surface area contributed by atoms with Gasteiger partial charge in [0.1, 0.15) is 0 Å². The Labute approximate surface area is 117 Å². The van der Waals surface area contributed by atoms with Gasteiger partial charge in [-0.2, -0.15) is 0 Å². The van der Waals surface area contributed by atoms with E-state index in [0.717, 1.165) is 31.1 Å². The molecule has 1 N–H and O–H groups in total. The lowest BCUT2D eigenvalue weighted by Gasteiger charge is -2.34. The van der Waals surface area contributed by atoms with Gasteiger partial charge in [0.15, 0.2) is 0 Å². The van der Waals surface area contributed by atoms with Gasteiger partial charge in [-0.25, -0.2) is 0 Å². The van der Waals surface area contributed by atoms with Crippen molar-refractivity contribution in [1.29, 1.82) is 0 Å². The SMILES string of the molecule is CCN(CCC(O)c1ccccc1)C1CCCCC1. The van der Waals surface area contributed by atoms with E-state index in [1.165, 1.54) is 32.1 Å². The van der Waals surface area contributed by atoms with Crippen LogP contribution in [-0.4, -0.2) is 29.1 Å². The second-order valence-electron chi connectivity index (χ2n) is 5.64. The number of benzene rings is 1. The summed E-state index contributed by atoms with van der Waals surface area (Å²) in [5, 5.41) is 10.2. The van der Waals surface area contributed by atoms with Crippen LogP contribution < -0.4 is 0 Å². The molecule has 1 aromatic carbocycles. The molecular weight excluding hydrogens is 234 g/mol. The van der Waals surface area contributed by atoms with E-state index in [0.29, 0.717) is 0 Å². The zero-order valence-corrected chi connectivity index (χ0v) is 12.1. The Hall–Kier alpha value is -0.860. The van der Waals surface area contributed by atoms with Crippen LogP contribution in [0.15, 0.2) is 30.3 Å². The summed E-state index contributed by atoms with van der Waals surface area (Å²) in [5.41, 5.74) is 1.04. The number of hydrogen-bond acceptors (Lipinski definition) is 2. The molecule has 19 heavy (non-hydrogen) atoms. The Morgan fingerprint density at radius 2 is 1.84 bits per heavy atom. The number of hydrogen-bond donors (Lipinski definition) is 1. The first-order valence-corrected chi connectivity index (χ1v) is 7.78. The zero-order valence-electron chi connectivity index (χ0n) is 12.1. The van der Waals surface area contributed by atoms with E-state index in [1.54, 1.807) is 0 Å². The highest BCUT2D eigenvalue weighted by Crippen LogP contribution is 2.24. The van der Waals surface area contributed by atoms with Crippen LogP contribution in [-0.2, 0) is 0 Å². The van der Waals surface area contributed by atoms with Gasteiger partial charge in [-0.15, -0.1) is 0 Å². The number of rotatable bonds is 6. The predicted octanol–water partition coefficient (Wildman–Crippen LogP) is 3.76. The van der Waals surface area contributed by atoms with Crippen LogP contribution >= 0.6 is 0 Å². The van der Waals surface area contributed by atoms with Crippen molar-refractivity contribution in [1.82, 2.24) is 4.90 Å². The fourth-order valence-electron chi connectivity index (χ4n) is 3.18. The lowest BCUT2D eigenvalue weighted by Crippen LogP contribution is -2.37. The largest absolute Gasteiger partial charge is 0.388 e. The molecule has 0 radical (unpaired) electrons. The smallest absolute Gasteiger partial charge is 0.0802 e. The van der Waals surface area contributed by atoms with Crippen LogP contribution in [0, 0.1) is 0 Å². The summed E-state index contributed by atoms with van der Waals surface area (Å²) in [5.74, 6) is 0. The average Bonchev–Trinajstić information content (AvgIpc) is 2.49. The second kappa shape index (κ2) is 7.66. The van der Waals surface area contributed by atoms with E-state index < -0.39 is 0 Å². The first-order chi connectivity index (χ1) is 9.31. The monoisotopic (exact) mass is 261 g/mol. The first kappa shape index (κ1) is 14.5. The summed E-state index contributed by atoms with van der Waals surface area (Å²) in [6.45, 7) is 4.35. The topological polar surface area (TPSA) is 23.5 Å². The number of aliphatic hydroxyl groups excluding tert-OH is 1. The molecule has 0 aromatic heterocycles. The Kier molecular flexibility index (Phi) is 5.87. The maximum absolute atomic E-state index is 10.2. The molecule has 2 nitrogen and oxygen atoms in total. The normalized spacial score (nSPS) is 18.7. The van der Waals surface area contributed by atoms with Gasteiger partial charge in [-0.1, -0.05) is 56.5 Å². The lowest BCUT2D eigenvalue weighted by atomic mass is 9.94. The van der Waals surface area contributed by atoms with Gasteiger partial charge in [-0.05, 0) is 31.4 Å². The highest BCUT2D eigenvalue weighted by molar-refractivity contribution is 5.17. The molecule has 1 fully saturated rings. The van der Waals surface area contributed by atoms with Gasteiger partial charge in [-0.3, -0.25) is 0 Å². The van der Waals surface area contributed by atoms with Crippen molar-refractivity contribution < 1.29 is 5.11 Å². The van der Waals surface area contributed by atoms with Gasteiger partial charge in [0, 0.05) is 12.6 Å². The third kappa shape index (κ3) is 4.32. The van der Waals surface area contributed by atoms with Crippen LogP contribution in [0.3, 0.4) is 0 Å². The van der Waals surface area contributed by atoms with Crippen LogP contribution in [0.4, 0.5) is 0 Å². The zero-order chi connectivity index (χ0) is 13.5. The average molecular weight is 261 g/mol. The molecule has 0 amide bonds. The highest BCUT2D eigenvalue weighted by atomic mass is 16.3. The second-order valence-corrected chi connectivity index (χ2v) is 5.64. The predicted molar refractivity (Wildman–Crippen MR) is 80.1 cm³/mol. The molecule has 0 spiro atoms. The van der Waals surface area contributed by atoms with Crippen LogP contribution in [0.2, 0.25) is 0 Å². The van der Waals surface area contributed by atoms with E-state index in [2.05, 4.69) is 11.8 Å². The minimum atomic E-state index is -0.321. The van der Waals surface area contributed by atoms with Crippen molar-refractivity contribution in [3.63, 3.8) is 0 Å². The van der Waals surface area contributed by atoms with Gasteiger partial charge in [0.25, 0.3) is 0 Å². The third-order valence-corrected chi connectivity index (χ3v) is 4.37. The van der Waals surface area contributed by atoms with Crippen molar-refractivity contribution in [3.05, 3.63) is 35.9 Å². The van der Waals surface area contributed by atoms with Crippen molar-refractivity contribution in [3.8, 4) is 0 Å². The van der Waals surface area contributed by atoms with E-state index in [-0.39, 0.29) is 6.10 Å². The van der Waals surface area contributed by atoms with E-state index in [1.807, 2.05) is 30.3 Å². The Morgan fingerprint density at radius 3 is 2.47 bits per heavy atom. The number of aliphatic hydroxyl groups is 1. The van der Waals surface area contributed by atoms with E-state index >= 15 is 0 Å². The molecule has 1 unspecified atom stereocenters. The maximum Gasteiger partial charge on any atom is 0.0802 e. The highest BCUT2D eigenvalue weighted by Gasteiger charge is 2.20. The molecule has 1 aliphatic carbocycles. The van der Waals surface area contributed by atoms with Crippen molar-refractivity contribution in [2.45, 2.75) is 57.6 Å². The molecule has 0 bridgehead atoms. The van der Waals surface area contributed by atoms with Gasteiger partial charge >= 0.3 is 0 Å². The minimum absolute atomic E-state index is 0.321. The Balaban J connectivity index is 1.82. The summed E-state index contributed by atoms with van der Waals surface area (Å²) in [6, 6.07) is 10.8. The van der Waals surface area contributed by atoms with Gasteiger partial charge < -0.3 is 10.0 Å². The number of nitrogens with zero attached hydrogens (tertiary/aromatic N) is 1. The molecule has 106 valence electrons. The molecule has 2 heteroatoms. The molecule has 1 aliphatic rings. The molecular formula is C17H27NO. The molecule has 2 rings (SSSR count). The summed E-state index contributed by atoms with van der Waals surface area (Å²) in [6.07, 6.45) is 7.36. The first-order valence-electron chi connectivity index (χ1n) is 7.78. The molecule has 0 heterocycles. The van der Waals surface area contributed by atoms with Crippen molar-refractivity contribution >= 4 is 0 Å². The van der Waals surface area contributed by atoms with Gasteiger partial charge in [0.05, 0.1) is 6.10 Å². The summed E-state index contributed by atoms with van der Waals surface area (Å²) in [4.78, 5) is 2.56.